The molecule has 1 fully saturated rings. The lowest BCUT2D eigenvalue weighted by Crippen LogP contribution is -2.42. The van der Waals surface area contributed by atoms with Crippen LogP contribution in [0.2, 0.25) is 0 Å². The minimum Gasteiger partial charge on any atom is -0.370 e. The summed E-state index contributed by atoms with van der Waals surface area (Å²) < 4.78 is 1.28. The molecule has 14 heavy (non-hydrogen) atoms. The third-order valence-electron chi connectivity index (χ3n) is 2.65. The first kappa shape index (κ1) is 10.2. The third-order valence-corrected chi connectivity index (χ3v) is 3.37. The van der Waals surface area contributed by atoms with Crippen LogP contribution in [0, 0.1) is 3.57 Å². The number of anilines is 1. The van der Waals surface area contributed by atoms with E-state index in [1.807, 2.05) is 0 Å². The predicted octanol–water partition coefficient (Wildman–Crippen LogP) is 2.22. The van der Waals surface area contributed by atoms with Crippen molar-refractivity contribution in [1.82, 2.24) is 0 Å². The van der Waals surface area contributed by atoms with Crippen LogP contribution in [0.5, 0.6) is 0 Å². The molecular weight excluding hydrogens is 287 g/mol. The molecule has 0 spiro atoms. The normalized spacial score (nSPS) is 22.4. The summed E-state index contributed by atoms with van der Waals surface area (Å²) in [5.41, 5.74) is 7.26. The Kier molecular flexibility index (Phi) is 3.28. The fraction of sp³-hybridized carbons (Fsp3) is 0.455. The molecule has 3 heteroatoms. The molecule has 2 nitrogen and oxygen atoms in total. The summed E-state index contributed by atoms with van der Waals surface area (Å²) in [5.74, 6) is 0. The maximum atomic E-state index is 5.95. The molecule has 1 aromatic rings. The Hall–Kier alpha value is -0.290. The monoisotopic (exact) mass is 302 g/mol. The molecule has 0 saturated carbocycles. The highest BCUT2D eigenvalue weighted by molar-refractivity contribution is 14.1. The first-order valence-corrected chi connectivity index (χ1v) is 6.09. The standard InChI is InChI=1S/C11H15IN2/c12-9-3-5-11(6-4-9)14-7-1-2-10(13)8-14/h3-6,10H,1-2,7-8,13H2/t10-/m0/s1. The van der Waals surface area contributed by atoms with Crippen molar-refractivity contribution in [2.45, 2.75) is 18.9 Å². The first-order valence-electron chi connectivity index (χ1n) is 5.02. The topological polar surface area (TPSA) is 29.3 Å². The lowest BCUT2D eigenvalue weighted by Gasteiger charge is -2.32. The molecular formula is C11H15IN2. The zero-order valence-electron chi connectivity index (χ0n) is 8.12. The SMILES string of the molecule is N[C@H]1CCCN(c2ccc(I)cc2)C1. The van der Waals surface area contributed by atoms with Gasteiger partial charge in [0.2, 0.25) is 0 Å². The lowest BCUT2D eigenvalue weighted by atomic mass is 10.1. The molecule has 1 saturated heterocycles. The van der Waals surface area contributed by atoms with E-state index >= 15 is 0 Å². The molecule has 1 aliphatic rings. The van der Waals surface area contributed by atoms with Gasteiger partial charge in [-0.25, -0.2) is 0 Å². The number of benzene rings is 1. The fourth-order valence-corrected chi connectivity index (χ4v) is 2.26. The van der Waals surface area contributed by atoms with Crippen LogP contribution in [-0.4, -0.2) is 19.1 Å². The quantitative estimate of drug-likeness (QED) is 0.806. The van der Waals surface area contributed by atoms with Crippen LogP contribution in [0.1, 0.15) is 12.8 Å². The number of nitrogens with zero attached hydrogens (tertiary/aromatic N) is 1. The van der Waals surface area contributed by atoms with Gasteiger partial charge in [0.1, 0.15) is 0 Å². The smallest absolute Gasteiger partial charge is 0.0367 e. The Labute approximate surface area is 98.6 Å². The van der Waals surface area contributed by atoms with Gasteiger partial charge < -0.3 is 10.6 Å². The summed E-state index contributed by atoms with van der Waals surface area (Å²) >= 11 is 2.33. The number of halogens is 1. The van der Waals surface area contributed by atoms with Gasteiger partial charge in [-0.2, -0.15) is 0 Å². The van der Waals surface area contributed by atoms with Crippen LogP contribution < -0.4 is 10.6 Å². The largest absolute Gasteiger partial charge is 0.370 e. The Morgan fingerprint density at radius 1 is 1.29 bits per heavy atom. The van der Waals surface area contributed by atoms with Gasteiger partial charge in [-0.15, -0.1) is 0 Å². The molecule has 76 valence electrons. The Balaban J connectivity index is 2.10. The Morgan fingerprint density at radius 3 is 2.64 bits per heavy atom. The van der Waals surface area contributed by atoms with Gasteiger partial charge in [0.25, 0.3) is 0 Å². The summed E-state index contributed by atoms with van der Waals surface area (Å²) in [7, 11) is 0. The number of nitrogens with two attached hydrogens (primary N) is 1. The van der Waals surface area contributed by atoms with Crippen molar-refractivity contribution < 1.29 is 0 Å². The molecule has 0 radical (unpaired) electrons. The molecule has 0 unspecified atom stereocenters. The molecule has 0 bridgehead atoms. The van der Waals surface area contributed by atoms with Crippen molar-refractivity contribution >= 4 is 28.3 Å². The van der Waals surface area contributed by atoms with Crippen molar-refractivity contribution in [2.24, 2.45) is 5.73 Å². The summed E-state index contributed by atoms with van der Waals surface area (Å²) in [5, 5.41) is 0. The number of piperidine rings is 1. The minimum atomic E-state index is 0.350. The minimum absolute atomic E-state index is 0.350. The second kappa shape index (κ2) is 4.49. The number of hydrogen-bond donors (Lipinski definition) is 1. The molecule has 2 N–H and O–H groups in total. The van der Waals surface area contributed by atoms with Crippen molar-refractivity contribution in [2.75, 3.05) is 18.0 Å². The van der Waals surface area contributed by atoms with Crippen molar-refractivity contribution in [3.05, 3.63) is 27.8 Å². The summed E-state index contributed by atoms with van der Waals surface area (Å²) in [4.78, 5) is 2.38. The van der Waals surface area contributed by atoms with Crippen LogP contribution in [0.15, 0.2) is 24.3 Å². The fourth-order valence-electron chi connectivity index (χ4n) is 1.90. The molecule has 0 amide bonds. The van der Waals surface area contributed by atoms with Gasteiger partial charge in [-0.3, -0.25) is 0 Å². The molecule has 1 heterocycles. The zero-order chi connectivity index (χ0) is 9.97. The maximum absolute atomic E-state index is 5.95. The van der Waals surface area contributed by atoms with E-state index in [2.05, 4.69) is 51.8 Å². The van der Waals surface area contributed by atoms with E-state index in [1.54, 1.807) is 0 Å². The van der Waals surface area contributed by atoms with Gasteiger partial charge in [0.05, 0.1) is 0 Å². The zero-order valence-corrected chi connectivity index (χ0v) is 10.3. The van der Waals surface area contributed by atoms with Crippen LogP contribution in [0.3, 0.4) is 0 Å². The van der Waals surface area contributed by atoms with Crippen LogP contribution in [0.25, 0.3) is 0 Å². The van der Waals surface area contributed by atoms with Crippen LogP contribution in [-0.2, 0) is 0 Å². The number of rotatable bonds is 1. The van der Waals surface area contributed by atoms with Crippen molar-refractivity contribution in [3.8, 4) is 0 Å². The highest BCUT2D eigenvalue weighted by atomic mass is 127. The van der Waals surface area contributed by atoms with E-state index in [-0.39, 0.29) is 0 Å². The molecule has 1 atom stereocenters. The maximum Gasteiger partial charge on any atom is 0.0367 e. The van der Waals surface area contributed by atoms with Crippen LogP contribution in [0.4, 0.5) is 5.69 Å². The Bertz CT molecular complexity index is 297. The highest BCUT2D eigenvalue weighted by Crippen LogP contribution is 2.20. The van der Waals surface area contributed by atoms with Crippen molar-refractivity contribution in [3.63, 3.8) is 0 Å². The first-order chi connectivity index (χ1) is 6.75. The summed E-state index contributed by atoms with van der Waals surface area (Å²) in [6.07, 6.45) is 2.38. The predicted molar refractivity (Wildman–Crippen MR) is 68.6 cm³/mol. The van der Waals surface area contributed by atoms with E-state index in [0.717, 1.165) is 13.1 Å². The second-order valence-corrected chi connectivity index (χ2v) is 5.07. The van der Waals surface area contributed by atoms with E-state index in [9.17, 15) is 0 Å². The van der Waals surface area contributed by atoms with Gasteiger partial charge in [0.15, 0.2) is 0 Å². The van der Waals surface area contributed by atoms with Gasteiger partial charge in [-0.05, 0) is 59.7 Å². The third kappa shape index (κ3) is 2.39. The van der Waals surface area contributed by atoms with Gasteiger partial charge in [0, 0.05) is 28.4 Å². The molecule has 2 rings (SSSR count). The highest BCUT2D eigenvalue weighted by Gasteiger charge is 2.16. The van der Waals surface area contributed by atoms with E-state index in [0.29, 0.717) is 6.04 Å². The lowest BCUT2D eigenvalue weighted by molar-refractivity contribution is 0.506. The van der Waals surface area contributed by atoms with Gasteiger partial charge >= 0.3 is 0 Å². The summed E-state index contributed by atoms with van der Waals surface area (Å²) in [6.45, 7) is 2.15. The molecule has 1 aliphatic heterocycles. The Morgan fingerprint density at radius 2 is 2.00 bits per heavy atom. The van der Waals surface area contributed by atoms with E-state index in [1.165, 1.54) is 22.1 Å². The second-order valence-electron chi connectivity index (χ2n) is 3.82. The average Bonchev–Trinajstić information content (AvgIpc) is 2.19. The van der Waals surface area contributed by atoms with Crippen molar-refractivity contribution in [1.29, 1.82) is 0 Å². The molecule has 1 aromatic carbocycles. The molecule has 0 aliphatic carbocycles. The van der Waals surface area contributed by atoms with E-state index in [4.69, 9.17) is 5.73 Å². The molecule has 0 aromatic heterocycles. The number of hydrogen-bond acceptors (Lipinski definition) is 2. The average molecular weight is 302 g/mol. The van der Waals surface area contributed by atoms with Gasteiger partial charge in [-0.1, -0.05) is 0 Å². The van der Waals surface area contributed by atoms with Crippen LogP contribution >= 0.6 is 22.6 Å². The summed E-state index contributed by atoms with van der Waals surface area (Å²) in [6, 6.07) is 9.01. The van der Waals surface area contributed by atoms with E-state index < -0.39 is 0 Å².